The molecule has 2 saturated heterocycles. The summed E-state index contributed by atoms with van der Waals surface area (Å²) < 4.78 is 44.6. The second-order valence-electron chi connectivity index (χ2n) is 8.91. The molecule has 0 radical (unpaired) electrons. The molecule has 3 unspecified atom stereocenters. The van der Waals surface area contributed by atoms with Crippen LogP contribution in [0.15, 0.2) is 36.2 Å². The van der Waals surface area contributed by atoms with Crippen molar-refractivity contribution in [3.63, 3.8) is 0 Å². The number of allylic oxidation sites excluding steroid dienone is 1. The Labute approximate surface area is 177 Å². The van der Waals surface area contributed by atoms with Crippen molar-refractivity contribution in [2.24, 2.45) is 11.8 Å². The molecule has 2 fully saturated rings. The highest BCUT2D eigenvalue weighted by Gasteiger charge is 2.62. The van der Waals surface area contributed by atoms with E-state index in [2.05, 4.69) is 4.98 Å². The Morgan fingerprint density at radius 3 is 2.35 bits per heavy atom. The molecule has 2 aromatic rings. The van der Waals surface area contributed by atoms with Gasteiger partial charge in [-0.3, -0.25) is 9.78 Å². The minimum absolute atomic E-state index is 0.0436. The Balaban J connectivity index is 1.51. The molecule has 5 rings (SSSR count). The van der Waals surface area contributed by atoms with Gasteiger partial charge in [0.2, 0.25) is 0 Å². The summed E-state index contributed by atoms with van der Waals surface area (Å²) in [5.74, 6) is -1.20. The Morgan fingerprint density at radius 1 is 1.10 bits per heavy atom. The van der Waals surface area contributed by atoms with Crippen LogP contribution in [0.3, 0.4) is 0 Å². The van der Waals surface area contributed by atoms with Crippen molar-refractivity contribution in [2.45, 2.75) is 51.5 Å². The number of fused-ring (bicyclic) bond motifs is 5. The number of halogens is 3. The van der Waals surface area contributed by atoms with Gasteiger partial charge in [-0.1, -0.05) is 23.8 Å². The number of aliphatic hydroxyl groups is 1. The van der Waals surface area contributed by atoms with E-state index in [9.17, 15) is 23.1 Å². The normalized spacial score (nSPS) is 29.7. The summed E-state index contributed by atoms with van der Waals surface area (Å²) in [4.78, 5) is 16.9. The molecule has 31 heavy (non-hydrogen) atoms. The molecule has 0 saturated carbocycles. The van der Waals surface area contributed by atoms with Gasteiger partial charge in [0.25, 0.3) is 0 Å². The number of Topliss-reactive ketones (excluding diaryl/α,β-unsaturated/α-hetero) is 1. The first-order valence-corrected chi connectivity index (χ1v) is 10.3. The van der Waals surface area contributed by atoms with Gasteiger partial charge in [-0.25, -0.2) is 0 Å². The third-order valence-electron chi connectivity index (χ3n) is 6.91. The summed E-state index contributed by atoms with van der Waals surface area (Å²) in [7, 11) is 0. The number of hydrogen-bond donors (Lipinski definition) is 1. The van der Waals surface area contributed by atoms with E-state index in [4.69, 9.17) is 4.74 Å². The van der Waals surface area contributed by atoms with Crippen LogP contribution >= 0.6 is 0 Å². The number of ether oxygens (including phenoxy) is 1. The lowest BCUT2D eigenvalue weighted by atomic mass is 9.72. The van der Waals surface area contributed by atoms with E-state index in [0.29, 0.717) is 17.6 Å². The highest BCUT2D eigenvalue weighted by atomic mass is 19.4. The minimum Gasteiger partial charge on any atom is -0.511 e. The molecular weight excluding hydrogens is 407 g/mol. The molecule has 1 aromatic carbocycles. The summed E-state index contributed by atoms with van der Waals surface area (Å²) in [6.45, 7) is 5.84. The number of carbonyl (C=O) groups is 1. The Kier molecular flexibility index (Phi) is 4.35. The van der Waals surface area contributed by atoms with Crippen LogP contribution in [0.4, 0.5) is 13.2 Å². The summed E-state index contributed by atoms with van der Waals surface area (Å²) in [6.07, 6.45) is -3.55. The minimum atomic E-state index is -4.49. The van der Waals surface area contributed by atoms with Crippen LogP contribution in [0.1, 0.15) is 45.8 Å². The third kappa shape index (κ3) is 2.93. The van der Waals surface area contributed by atoms with Crippen molar-refractivity contribution in [3.8, 4) is 0 Å². The van der Waals surface area contributed by atoms with Gasteiger partial charge in [0.15, 0.2) is 5.78 Å². The molecule has 162 valence electrons. The molecule has 1 aliphatic carbocycles. The number of alkyl halides is 3. The Bertz CT molecular complexity index is 1100. The number of benzene rings is 1. The molecule has 1 N–H and O–H groups in total. The SMILES string of the molecule is Cc1cc(C)c(C2=C(O)[C@@H]3C4OC(CC4c4ccc(C(F)(F)F)nc4)[C@@H]3C2=O)c(C)c1. The highest BCUT2D eigenvalue weighted by molar-refractivity contribution is 6.26. The number of pyridine rings is 1. The van der Waals surface area contributed by atoms with Crippen molar-refractivity contribution in [3.05, 3.63) is 69.7 Å². The molecule has 4 nitrogen and oxygen atoms in total. The zero-order valence-electron chi connectivity index (χ0n) is 17.3. The largest absolute Gasteiger partial charge is 0.511 e. The van der Waals surface area contributed by atoms with Gasteiger partial charge in [-0.15, -0.1) is 0 Å². The molecule has 5 atom stereocenters. The maximum absolute atomic E-state index is 13.3. The number of nitrogens with zero attached hydrogens (tertiary/aromatic N) is 1. The van der Waals surface area contributed by atoms with E-state index in [1.807, 2.05) is 32.9 Å². The van der Waals surface area contributed by atoms with E-state index in [1.165, 1.54) is 12.3 Å². The summed E-state index contributed by atoms with van der Waals surface area (Å²) >= 11 is 0. The van der Waals surface area contributed by atoms with Crippen LogP contribution in [0.2, 0.25) is 0 Å². The van der Waals surface area contributed by atoms with E-state index in [0.717, 1.165) is 28.3 Å². The van der Waals surface area contributed by atoms with Crippen LogP contribution < -0.4 is 0 Å². The predicted octanol–water partition coefficient (Wildman–Crippen LogP) is 5.06. The molecule has 2 aliphatic heterocycles. The summed E-state index contributed by atoms with van der Waals surface area (Å²) in [6, 6.07) is 6.38. The number of aromatic nitrogens is 1. The Morgan fingerprint density at radius 2 is 1.77 bits per heavy atom. The van der Waals surface area contributed by atoms with Crippen LogP contribution in [0.5, 0.6) is 0 Å². The lowest BCUT2D eigenvalue weighted by Gasteiger charge is -2.27. The maximum Gasteiger partial charge on any atom is 0.433 e. The quantitative estimate of drug-likeness (QED) is 0.725. The van der Waals surface area contributed by atoms with Gasteiger partial charge in [0.1, 0.15) is 11.5 Å². The number of rotatable bonds is 2. The molecule has 7 heteroatoms. The number of aliphatic hydroxyl groups excluding tert-OH is 1. The fourth-order valence-corrected chi connectivity index (χ4v) is 5.80. The maximum atomic E-state index is 13.3. The molecule has 3 heterocycles. The fourth-order valence-electron chi connectivity index (χ4n) is 5.80. The second kappa shape index (κ2) is 6.66. The predicted molar refractivity (Wildman–Crippen MR) is 107 cm³/mol. The topological polar surface area (TPSA) is 59.4 Å². The van der Waals surface area contributed by atoms with Crippen molar-refractivity contribution in [1.29, 1.82) is 0 Å². The molecular formula is C24H22F3NO3. The smallest absolute Gasteiger partial charge is 0.433 e. The molecule has 3 aliphatic rings. The average molecular weight is 429 g/mol. The highest BCUT2D eigenvalue weighted by Crippen LogP contribution is 2.58. The van der Waals surface area contributed by atoms with E-state index in [1.54, 1.807) is 0 Å². The van der Waals surface area contributed by atoms with E-state index >= 15 is 0 Å². The van der Waals surface area contributed by atoms with E-state index < -0.39 is 29.8 Å². The molecule has 1 aromatic heterocycles. The van der Waals surface area contributed by atoms with Gasteiger partial charge in [-0.2, -0.15) is 13.2 Å². The van der Waals surface area contributed by atoms with E-state index in [-0.39, 0.29) is 23.6 Å². The van der Waals surface area contributed by atoms with Crippen molar-refractivity contribution in [1.82, 2.24) is 4.98 Å². The third-order valence-corrected chi connectivity index (χ3v) is 6.91. The fraction of sp³-hybridized carbons (Fsp3) is 0.417. The molecule has 0 amide bonds. The number of carbonyl (C=O) groups excluding carboxylic acids is 1. The molecule has 2 bridgehead atoms. The standard InChI is InChI=1S/C24H22F3NO3/c1-10-6-11(2)17(12(3)7-10)19-21(29)18-15-8-14(23(31-15)20(18)22(19)30)13-4-5-16(28-9-13)24(25,26)27/h4-7,9,14-15,18,20,23,30H,8H2,1-3H3/t14?,15?,18-,20+,23?/m0/s1. The second-order valence-corrected chi connectivity index (χ2v) is 8.91. The van der Waals surface area contributed by atoms with Crippen LogP contribution in [-0.4, -0.2) is 28.1 Å². The van der Waals surface area contributed by atoms with Crippen LogP contribution in [-0.2, 0) is 15.7 Å². The lowest BCUT2D eigenvalue weighted by molar-refractivity contribution is -0.141. The first-order valence-electron chi connectivity index (χ1n) is 10.3. The van der Waals surface area contributed by atoms with Gasteiger partial charge >= 0.3 is 6.18 Å². The van der Waals surface area contributed by atoms with Gasteiger partial charge in [0.05, 0.1) is 29.6 Å². The van der Waals surface area contributed by atoms with Crippen molar-refractivity contribution >= 4 is 11.4 Å². The average Bonchev–Trinajstić information content (AvgIpc) is 3.34. The summed E-state index contributed by atoms with van der Waals surface area (Å²) in [5.41, 5.74) is 3.79. The Hall–Kier alpha value is -2.67. The van der Waals surface area contributed by atoms with Gasteiger partial charge < -0.3 is 9.84 Å². The number of ketones is 1. The first-order chi connectivity index (χ1) is 14.6. The lowest BCUT2D eigenvalue weighted by Crippen LogP contribution is -2.33. The van der Waals surface area contributed by atoms with Gasteiger partial charge in [-0.05, 0) is 55.5 Å². The first kappa shape index (κ1) is 20.2. The number of hydrogen-bond acceptors (Lipinski definition) is 4. The van der Waals surface area contributed by atoms with Gasteiger partial charge in [0, 0.05) is 12.1 Å². The van der Waals surface area contributed by atoms with Crippen LogP contribution in [0, 0.1) is 32.6 Å². The zero-order valence-corrected chi connectivity index (χ0v) is 17.3. The van der Waals surface area contributed by atoms with Crippen molar-refractivity contribution < 1.29 is 27.8 Å². The molecule has 0 spiro atoms. The summed E-state index contributed by atoms with van der Waals surface area (Å²) in [5, 5.41) is 11.2. The number of aryl methyl sites for hydroxylation is 3. The van der Waals surface area contributed by atoms with Crippen LogP contribution in [0.25, 0.3) is 5.57 Å². The van der Waals surface area contributed by atoms with Crippen molar-refractivity contribution in [2.75, 3.05) is 0 Å². The monoisotopic (exact) mass is 429 g/mol. The zero-order chi connectivity index (χ0) is 22.2.